The Labute approximate surface area is 135 Å². The SMILES string of the molecule is O=C(O)NCCCC1OCC(c2cccc3ccccc23)CO1. The van der Waals surface area contributed by atoms with E-state index < -0.39 is 6.09 Å². The van der Waals surface area contributed by atoms with Crippen LogP contribution < -0.4 is 5.32 Å². The second-order valence-corrected chi connectivity index (χ2v) is 5.74. The van der Waals surface area contributed by atoms with Gasteiger partial charge in [0, 0.05) is 18.9 Å². The summed E-state index contributed by atoms with van der Waals surface area (Å²) in [7, 11) is 0. The van der Waals surface area contributed by atoms with Crippen molar-refractivity contribution in [2.45, 2.75) is 25.0 Å². The van der Waals surface area contributed by atoms with Crippen LogP contribution in [0.2, 0.25) is 0 Å². The van der Waals surface area contributed by atoms with Gasteiger partial charge in [0.15, 0.2) is 6.29 Å². The van der Waals surface area contributed by atoms with Gasteiger partial charge in [0.2, 0.25) is 0 Å². The maximum atomic E-state index is 10.4. The van der Waals surface area contributed by atoms with Gasteiger partial charge in [0.1, 0.15) is 0 Å². The molecule has 0 aromatic heterocycles. The molecular weight excluding hydrogens is 294 g/mol. The maximum Gasteiger partial charge on any atom is 0.404 e. The van der Waals surface area contributed by atoms with Gasteiger partial charge in [-0.1, -0.05) is 42.5 Å². The quantitative estimate of drug-likeness (QED) is 0.830. The van der Waals surface area contributed by atoms with E-state index in [2.05, 4.69) is 41.7 Å². The fourth-order valence-electron chi connectivity index (χ4n) is 2.96. The average Bonchev–Trinajstić information content (AvgIpc) is 2.59. The molecule has 0 saturated carbocycles. The molecule has 0 unspecified atom stereocenters. The van der Waals surface area contributed by atoms with Gasteiger partial charge in [0.05, 0.1) is 13.2 Å². The summed E-state index contributed by atoms with van der Waals surface area (Å²) in [6, 6.07) is 14.7. The summed E-state index contributed by atoms with van der Waals surface area (Å²) in [6.07, 6.45) is 0.168. The minimum absolute atomic E-state index is 0.231. The normalized spacial score (nSPS) is 21.2. The number of hydrogen-bond acceptors (Lipinski definition) is 3. The number of rotatable bonds is 5. The molecule has 0 atom stereocenters. The summed E-state index contributed by atoms with van der Waals surface area (Å²) >= 11 is 0. The summed E-state index contributed by atoms with van der Waals surface area (Å²) in [6.45, 7) is 1.68. The molecule has 1 amide bonds. The van der Waals surface area contributed by atoms with E-state index in [1.54, 1.807) is 0 Å². The minimum Gasteiger partial charge on any atom is -0.465 e. The van der Waals surface area contributed by atoms with Gasteiger partial charge in [-0.15, -0.1) is 0 Å². The van der Waals surface area contributed by atoms with E-state index >= 15 is 0 Å². The molecule has 122 valence electrons. The zero-order chi connectivity index (χ0) is 16.1. The summed E-state index contributed by atoms with van der Waals surface area (Å²) < 4.78 is 11.6. The molecule has 2 aromatic carbocycles. The van der Waals surface area contributed by atoms with Crippen LogP contribution >= 0.6 is 0 Å². The first-order valence-electron chi connectivity index (χ1n) is 7.91. The number of ether oxygens (including phenoxy) is 2. The highest BCUT2D eigenvalue weighted by atomic mass is 16.7. The van der Waals surface area contributed by atoms with E-state index in [4.69, 9.17) is 14.6 Å². The highest BCUT2D eigenvalue weighted by Gasteiger charge is 2.24. The van der Waals surface area contributed by atoms with E-state index in [9.17, 15) is 4.79 Å². The number of nitrogens with one attached hydrogen (secondary N) is 1. The van der Waals surface area contributed by atoms with Crippen molar-refractivity contribution >= 4 is 16.9 Å². The molecule has 0 spiro atoms. The van der Waals surface area contributed by atoms with Crippen molar-refractivity contribution in [1.82, 2.24) is 5.32 Å². The molecule has 23 heavy (non-hydrogen) atoms. The third-order valence-electron chi connectivity index (χ3n) is 4.12. The Morgan fingerprint density at radius 2 is 1.87 bits per heavy atom. The van der Waals surface area contributed by atoms with Crippen LogP contribution in [-0.2, 0) is 9.47 Å². The molecular formula is C18H21NO4. The number of carbonyl (C=O) groups is 1. The van der Waals surface area contributed by atoms with Crippen LogP contribution in [0.15, 0.2) is 42.5 Å². The summed E-state index contributed by atoms with van der Waals surface area (Å²) in [4.78, 5) is 10.4. The first-order valence-corrected chi connectivity index (χ1v) is 7.91. The van der Waals surface area contributed by atoms with E-state index in [-0.39, 0.29) is 12.2 Å². The van der Waals surface area contributed by atoms with E-state index in [1.165, 1.54) is 16.3 Å². The van der Waals surface area contributed by atoms with Crippen LogP contribution in [0.25, 0.3) is 10.8 Å². The van der Waals surface area contributed by atoms with E-state index in [1.807, 2.05) is 6.07 Å². The lowest BCUT2D eigenvalue weighted by molar-refractivity contribution is -0.189. The van der Waals surface area contributed by atoms with Crippen molar-refractivity contribution in [3.05, 3.63) is 48.0 Å². The van der Waals surface area contributed by atoms with Crippen molar-refractivity contribution in [2.24, 2.45) is 0 Å². The van der Waals surface area contributed by atoms with Crippen LogP contribution in [0.4, 0.5) is 4.79 Å². The lowest BCUT2D eigenvalue weighted by Crippen LogP contribution is -2.32. The first-order chi connectivity index (χ1) is 11.2. The van der Waals surface area contributed by atoms with E-state index in [0.717, 1.165) is 0 Å². The monoisotopic (exact) mass is 315 g/mol. The molecule has 0 aliphatic carbocycles. The van der Waals surface area contributed by atoms with Gasteiger partial charge in [-0.2, -0.15) is 0 Å². The maximum absolute atomic E-state index is 10.4. The molecule has 2 aromatic rings. The van der Waals surface area contributed by atoms with Crippen molar-refractivity contribution in [3.63, 3.8) is 0 Å². The Hall–Kier alpha value is -2.11. The van der Waals surface area contributed by atoms with Crippen LogP contribution in [0.1, 0.15) is 24.3 Å². The predicted octanol–water partition coefficient (Wildman–Crippen LogP) is 3.34. The summed E-state index contributed by atoms with van der Waals surface area (Å²) in [5.41, 5.74) is 1.26. The van der Waals surface area contributed by atoms with Crippen molar-refractivity contribution in [3.8, 4) is 0 Å². The van der Waals surface area contributed by atoms with Crippen LogP contribution in [0.3, 0.4) is 0 Å². The minimum atomic E-state index is -0.994. The van der Waals surface area contributed by atoms with Gasteiger partial charge in [0.25, 0.3) is 0 Å². The molecule has 1 aliphatic heterocycles. The Balaban J connectivity index is 1.55. The predicted molar refractivity (Wildman–Crippen MR) is 87.6 cm³/mol. The standard InChI is InChI=1S/C18H21NO4/c20-18(21)19-10-4-9-17-22-11-14(12-23-17)16-8-3-6-13-5-1-2-7-15(13)16/h1-3,5-8,14,17,19H,4,9-12H2,(H,20,21). The molecule has 1 fully saturated rings. The molecule has 3 rings (SSSR count). The molecule has 1 saturated heterocycles. The van der Waals surface area contributed by atoms with Crippen LogP contribution in [0.5, 0.6) is 0 Å². The first kappa shape index (κ1) is 15.8. The zero-order valence-corrected chi connectivity index (χ0v) is 12.9. The van der Waals surface area contributed by atoms with Gasteiger partial charge in [-0.3, -0.25) is 0 Å². The lowest BCUT2D eigenvalue weighted by atomic mass is 9.94. The molecule has 1 heterocycles. The summed E-state index contributed by atoms with van der Waals surface area (Å²) in [5.74, 6) is 0.231. The van der Waals surface area contributed by atoms with Crippen LogP contribution in [0, 0.1) is 0 Å². The van der Waals surface area contributed by atoms with Gasteiger partial charge in [-0.05, 0) is 22.8 Å². The number of carboxylic acid groups (broad SMARTS) is 1. The van der Waals surface area contributed by atoms with Crippen molar-refractivity contribution in [1.29, 1.82) is 0 Å². The molecule has 0 radical (unpaired) electrons. The highest BCUT2D eigenvalue weighted by molar-refractivity contribution is 5.86. The van der Waals surface area contributed by atoms with Crippen LogP contribution in [-0.4, -0.2) is 37.2 Å². The smallest absolute Gasteiger partial charge is 0.404 e. The topological polar surface area (TPSA) is 67.8 Å². The second kappa shape index (κ2) is 7.44. The molecule has 2 N–H and O–H groups in total. The number of benzene rings is 2. The fraction of sp³-hybridized carbons (Fsp3) is 0.389. The average molecular weight is 315 g/mol. The largest absolute Gasteiger partial charge is 0.465 e. The molecule has 5 nitrogen and oxygen atoms in total. The second-order valence-electron chi connectivity index (χ2n) is 5.74. The van der Waals surface area contributed by atoms with Crippen molar-refractivity contribution < 1.29 is 19.4 Å². The molecule has 1 aliphatic rings. The van der Waals surface area contributed by atoms with Gasteiger partial charge in [-0.25, -0.2) is 4.79 Å². The number of hydrogen-bond donors (Lipinski definition) is 2. The Morgan fingerprint density at radius 3 is 2.65 bits per heavy atom. The van der Waals surface area contributed by atoms with Gasteiger partial charge < -0.3 is 19.9 Å². The molecule has 5 heteroatoms. The fourth-order valence-corrected chi connectivity index (χ4v) is 2.96. The lowest BCUT2D eigenvalue weighted by Gasteiger charge is -2.30. The van der Waals surface area contributed by atoms with Crippen molar-refractivity contribution in [2.75, 3.05) is 19.8 Å². The van der Waals surface area contributed by atoms with E-state index in [0.29, 0.717) is 32.6 Å². The zero-order valence-electron chi connectivity index (χ0n) is 12.9. The third kappa shape index (κ3) is 4.00. The highest BCUT2D eigenvalue weighted by Crippen LogP contribution is 2.29. The Kier molecular flexibility index (Phi) is 5.10. The number of fused-ring (bicyclic) bond motifs is 1. The third-order valence-corrected chi connectivity index (χ3v) is 4.12. The number of amides is 1. The molecule has 0 bridgehead atoms. The van der Waals surface area contributed by atoms with Gasteiger partial charge >= 0.3 is 6.09 Å². The Bertz CT molecular complexity index is 660. The summed E-state index contributed by atoms with van der Waals surface area (Å²) in [5, 5.41) is 13.3. The Morgan fingerprint density at radius 1 is 1.13 bits per heavy atom.